The van der Waals surface area contributed by atoms with E-state index in [9.17, 15) is 5.11 Å². The van der Waals surface area contributed by atoms with Crippen LogP contribution in [0.1, 0.15) is 52.9 Å². The highest BCUT2D eigenvalue weighted by Crippen LogP contribution is 2.24. The molecule has 1 unspecified atom stereocenters. The van der Waals surface area contributed by atoms with Crippen molar-refractivity contribution in [1.82, 2.24) is 0 Å². The zero-order valence-electron chi connectivity index (χ0n) is 10.5. The smallest absolute Gasteiger partial charge is 0.0821 e. The molecule has 0 aromatic rings. The van der Waals surface area contributed by atoms with E-state index in [1.165, 1.54) is 32.1 Å². The summed E-state index contributed by atoms with van der Waals surface area (Å²) in [7, 11) is 0. The molecular weight excluding hydrogens is 188 g/mol. The number of hydrogen-bond donors (Lipinski definition) is 1. The van der Waals surface area contributed by atoms with Crippen LogP contribution < -0.4 is 0 Å². The first kappa shape index (κ1) is 13.0. The predicted octanol–water partition coefficient (Wildman–Crippen LogP) is 2.99. The second kappa shape index (κ2) is 5.86. The first-order valence-corrected chi connectivity index (χ1v) is 6.26. The molecule has 90 valence electrons. The lowest BCUT2D eigenvalue weighted by Gasteiger charge is -2.27. The largest absolute Gasteiger partial charge is 0.390 e. The van der Waals surface area contributed by atoms with Gasteiger partial charge in [0.2, 0.25) is 0 Å². The number of rotatable bonds is 4. The van der Waals surface area contributed by atoms with Crippen molar-refractivity contribution in [2.45, 2.75) is 59.0 Å². The van der Waals surface area contributed by atoms with Gasteiger partial charge in [-0.25, -0.2) is 0 Å². The summed E-state index contributed by atoms with van der Waals surface area (Å²) >= 11 is 0. The lowest BCUT2D eigenvalue weighted by molar-refractivity contribution is -0.0319. The summed E-state index contributed by atoms with van der Waals surface area (Å²) in [6, 6.07) is 0. The van der Waals surface area contributed by atoms with E-state index >= 15 is 0 Å². The Bertz CT molecular complexity index is 166. The van der Waals surface area contributed by atoms with Crippen molar-refractivity contribution in [2.24, 2.45) is 11.3 Å². The van der Waals surface area contributed by atoms with E-state index in [4.69, 9.17) is 4.74 Å². The van der Waals surface area contributed by atoms with Gasteiger partial charge in [0.1, 0.15) is 0 Å². The van der Waals surface area contributed by atoms with Crippen LogP contribution in [0.15, 0.2) is 0 Å². The van der Waals surface area contributed by atoms with Gasteiger partial charge >= 0.3 is 0 Å². The van der Waals surface area contributed by atoms with Gasteiger partial charge in [-0.2, -0.15) is 0 Å². The van der Waals surface area contributed by atoms with E-state index in [0.717, 1.165) is 12.5 Å². The average Bonchev–Trinajstić information content (AvgIpc) is 2.18. The molecule has 0 bridgehead atoms. The standard InChI is InChI=1S/C13H26O2/c1-13(2,3)12(14)10-15-9-11-7-5-4-6-8-11/h11-12,14H,4-10H2,1-3H3. The van der Waals surface area contributed by atoms with Crippen LogP contribution in [0.25, 0.3) is 0 Å². The minimum Gasteiger partial charge on any atom is -0.390 e. The molecule has 0 saturated heterocycles. The maximum Gasteiger partial charge on any atom is 0.0821 e. The quantitative estimate of drug-likeness (QED) is 0.779. The summed E-state index contributed by atoms with van der Waals surface area (Å²) in [5, 5.41) is 9.79. The van der Waals surface area contributed by atoms with Gasteiger partial charge < -0.3 is 9.84 Å². The van der Waals surface area contributed by atoms with Crippen molar-refractivity contribution in [3.05, 3.63) is 0 Å². The van der Waals surface area contributed by atoms with Gasteiger partial charge in [-0.3, -0.25) is 0 Å². The zero-order chi connectivity index (χ0) is 11.3. The molecular formula is C13H26O2. The van der Waals surface area contributed by atoms with E-state index in [1.807, 2.05) is 20.8 Å². The van der Waals surface area contributed by atoms with Crippen molar-refractivity contribution in [3.8, 4) is 0 Å². The molecule has 1 N–H and O–H groups in total. The Labute approximate surface area is 94.0 Å². The molecule has 1 rings (SSSR count). The Morgan fingerprint density at radius 2 is 1.80 bits per heavy atom. The fraction of sp³-hybridized carbons (Fsp3) is 1.00. The van der Waals surface area contributed by atoms with Crippen LogP contribution in [0.2, 0.25) is 0 Å². The van der Waals surface area contributed by atoms with Crippen molar-refractivity contribution >= 4 is 0 Å². The third kappa shape index (κ3) is 4.98. The highest BCUT2D eigenvalue weighted by Gasteiger charge is 2.22. The SMILES string of the molecule is CC(C)(C)C(O)COCC1CCCCC1. The van der Waals surface area contributed by atoms with Crippen LogP contribution in [-0.4, -0.2) is 24.4 Å². The first-order chi connectivity index (χ1) is 7.00. The zero-order valence-corrected chi connectivity index (χ0v) is 10.5. The summed E-state index contributed by atoms with van der Waals surface area (Å²) in [6.45, 7) is 7.46. The lowest BCUT2D eigenvalue weighted by atomic mass is 9.89. The second-order valence-electron chi connectivity index (χ2n) is 5.92. The molecule has 0 heterocycles. The normalized spacial score (nSPS) is 21.6. The third-order valence-electron chi connectivity index (χ3n) is 3.35. The fourth-order valence-electron chi connectivity index (χ4n) is 1.95. The summed E-state index contributed by atoms with van der Waals surface area (Å²) in [6.07, 6.45) is 6.38. The van der Waals surface area contributed by atoms with Crippen molar-refractivity contribution in [2.75, 3.05) is 13.2 Å². The second-order valence-corrected chi connectivity index (χ2v) is 5.92. The molecule has 0 aliphatic heterocycles. The van der Waals surface area contributed by atoms with Gasteiger partial charge in [0, 0.05) is 6.61 Å². The molecule has 0 aromatic carbocycles. The van der Waals surface area contributed by atoms with Crippen LogP contribution in [-0.2, 0) is 4.74 Å². The molecule has 0 amide bonds. The van der Waals surface area contributed by atoms with Crippen LogP contribution in [0.5, 0.6) is 0 Å². The minimum atomic E-state index is -0.346. The molecule has 2 nitrogen and oxygen atoms in total. The Balaban J connectivity index is 2.10. The maximum atomic E-state index is 9.79. The molecule has 1 aliphatic rings. The van der Waals surface area contributed by atoms with Crippen LogP contribution >= 0.6 is 0 Å². The molecule has 15 heavy (non-hydrogen) atoms. The number of aliphatic hydroxyl groups excluding tert-OH is 1. The molecule has 1 aliphatic carbocycles. The van der Waals surface area contributed by atoms with Gasteiger partial charge in [-0.15, -0.1) is 0 Å². The summed E-state index contributed by atoms with van der Waals surface area (Å²) < 4.78 is 5.61. The average molecular weight is 214 g/mol. The van der Waals surface area contributed by atoms with Crippen LogP contribution in [0.4, 0.5) is 0 Å². The summed E-state index contributed by atoms with van der Waals surface area (Å²) in [5.74, 6) is 0.742. The van der Waals surface area contributed by atoms with Gasteiger partial charge in [0.05, 0.1) is 12.7 Å². The Morgan fingerprint density at radius 1 is 1.20 bits per heavy atom. The summed E-state index contributed by atoms with van der Waals surface area (Å²) in [4.78, 5) is 0. The van der Waals surface area contributed by atoms with Crippen molar-refractivity contribution in [3.63, 3.8) is 0 Å². The predicted molar refractivity (Wildman–Crippen MR) is 62.9 cm³/mol. The van der Waals surface area contributed by atoms with Crippen molar-refractivity contribution < 1.29 is 9.84 Å². The van der Waals surface area contributed by atoms with E-state index in [1.54, 1.807) is 0 Å². The Kier molecular flexibility index (Phi) is 5.07. The van der Waals surface area contributed by atoms with Gasteiger partial charge in [-0.05, 0) is 24.2 Å². The Hall–Kier alpha value is -0.0800. The highest BCUT2D eigenvalue weighted by atomic mass is 16.5. The van der Waals surface area contributed by atoms with Gasteiger partial charge in [0.15, 0.2) is 0 Å². The molecule has 0 spiro atoms. The van der Waals surface area contributed by atoms with E-state index in [-0.39, 0.29) is 11.5 Å². The molecule has 2 heteroatoms. The monoisotopic (exact) mass is 214 g/mol. The van der Waals surface area contributed by atoms with Crippen LogP contribution in [0, 0.1) is 11.3 Å². The van der Waals surface area contributed by atoms with Gasteiger partial charge in [-0.1, -0.05) is 40.0 Å². The van der Waals surface area contributed by atoms with E-state index in [2.05, 4.69) is 0 Å². The highest BCUT2D eigenvalue weighted by molar-refractivity contribution is 4.72. The van der Waals surface area contributed by atoms with Crippen molar-refractivity contribution in [1.29, 1.82) is 0 Å². The van der Waals surface area contributed by atoms with E-state index < -0.39 is 0 Å². The molecule has 1 atom stereocenters. The molecule has 1 fully saturated rings. The molecule has 0 aromatic heterocycles. The Morgan fingerprint density at radius 3 is 2.33 bits per heavy atom. The first-order valence-electron chi connectivity index (χ1n) is 6.26. The molecule has 1 saturated carbocycles. The maximum absolute atomic E-state index is 9.79. The number of hydrogen-bond acceptors (Lipinski definition) is 2. The summed E-state index contributed by atoms with van der Waals surface area (Å²) in [5.41, 5.74) is -0.0629. The third-order valence-corrected chi connectivity index (χ3v) is 3.35. The van der Waals surface area contributed by atoms with E-state index in [0.29, 0.717) is 6.61 Å². The number of aliphatic hydroxyl groups is 1. The van der Waals surface area contributed by atoms with Gasteiger partial charge in [0.25, 0.3) is 0 Å². The minimum absolute atomic E-state index is 0.0629. The lowest BCUT2D eigenvalue weighted by Crippen LogP contribution is -2.31. The number of ether oxygens (including phenoxy) is 1. The van der Waals surface area contributed by atoms with Crippen LogP contribution in [0.3, 0.4) is 0 Å². The molecule has 0 radical (unpaired) electrons. The topological polar surface area (TPSA) is 29.5 Å². The fourth-order valence-corrected chi connectivity index (χ4v) is 1.95.